The zero-order valence-corrected chi connectivity index (χ0v) is 19.1. The van der Waals surface area contributed by atoms with E-state index in [1.165, 1.54) is 50.8 Å². The summed E-state index contributed by atoms with van der Waals surface area (Å²) in [6.07, 6.45) is 12.8. The van der Waals surface area contributed by atoms with E-state index in [4.69, 9.17) is 0 Å². The Hall–Kier alpha value is -1.61. The van der Waals surface area contributed by atoms with Crippen LogP contribution >= 0.6 is 0 Å². The summed E-state index contributed by atoms with van der Waals surface area (Å²) in [6.45, 7) is 14.1. The minimum atomic E-state index is 0.110. The Bertz CT molecular complexity index is 774. The fourth-order valence-electron chi connectivity index (χ4n) is 5.94. The SMILES string of the molecule is CCCCCCN1B(C)N2C3=C(C=CCC3)C(C)(C)C2N(c2ccccc2)B1C. The second-order valence-corrected chi connectivity index (χ2v) is 9.61. The zero-order valence-electron chi connectivity index (χ0n) is 19.1. The Labute approximate surface area is 179 Å². The molecule has 1 aliphatic carbocycles. The van der Waals surface area contributed by atoms with Gasteiger partial charge in [0.05, 0.1) is 6.17 Å². The van der Waals surface area contributed by atoms with E-state index in [-0.39, 0.29) is 5.41 Å². The first-order valence-corrected chi connectivity index (χ1v) is 11.8. The summed E-state index contributed by atoms with van der Waals surface area (Å²) >= 11 is 0. The number of benzene rings is 1. The number of hydrogen-bond donors (Lipinski definition) is 0. The topological polar surface area (TPSA) is 9.72 Å². The lowest BCUT2D eigenvalue weighted by Crippen LogP contribution is -2.74. The molecule has 0 amide bonds. The zero-order chi connectivity index (χ0) is 20.6. The van der Waals surface area contributed by atoms with Gasteiger partial charge >= 0.3 is 14.0 Å². The lowest BCUT2D eigenvalue weighted by atomic mass is 9.55. The molecular weight excluding hydrogens is 352 g/mol. The van der Waals surface area contributed by atoms with Crippen LogP contribution in [0.15, 0.2) is 53.8 Å². The molecule has 1 atom stereocenters. The molecule has 3 nitrogen and oxygen atoms in total. The van der Waals surface area contributed by atoms with Crippen LogP contribution in [-0.4, -0.2) is 36.2 Å². The van der Waals surface area contributed by atoms with Gasteiger partial charge in [0.25, 0.3) is 0 Å². The molecule has 4 rings (SSSR count). The molecule has 1 aromatic rings. The summed E-state index contributed by atoms with van der Waals surface area (Å²) < 4.78 is 2.74. The third kappa shape index (κ3) is 3.46. The minimum Gasteiger partial charge on any atom is -0.386 e. The monoisotopic (exact) mass is 389 g/mol. The van der Waals surface area contributed by atoms with Gasteiger partial charge < -0.3 is 14.3 Å². The molecule has 0 bridgehead atoms. The van der Waals surface area contributed by atoms with E-state index in [9.17, 15) is 0 Å². The van der Waals surface area contributed by atoms with Gasteiger partial charge in [0.2, 0.25) is 0 Å². The summed E-state index contributed by atoms with van der Waals surface area (Å²) in [7, 11) is 0. The molecule has 1 unspecified atom stereocenters. The van der Waals surface area contributed by atoms with Crippen LogP contribution in [0.2, 0.25) is 13.6 Å². The molecule has 1 saturated heterocycles. The van der Waals surface area contributed by atoms with Crippen LogP contribution in [0, 0.1) is 5.41 Å². The Kier molecular flexibility index (Phi) is 5.88. The van der Waals surface area contributed by atoms with Gasteiger partial charge in [0.1, 0.15) is 0 Å². The first kappa shape index (κ1) is 20.7. The Morgan fingerprint density at radius 3 is 2.45 bits per heavy atom. The summed E-state index contributed by atoms with van der Waals surface area (Å²) in [5.74, 6) is 0. The van der Waals surface area contributed by atoms with Gasteiger partial charge in [-0.3, -0.25) is 0 Å². The Morgan fingerprint density at radius 2 is 1.72 bits per heavy atom. The highest BCUT2D eigenvalue weighted by Crippen LogP contribution is 2.52. The molecule has 0 radical (unpaired) electrons. The average Bonchev–Trinajstić information content (AvgIpc) is 2.96. The maximum Gasteiger partial charge on any atom is 0.331 e. The van der Waals surface area contributed by atoms with Crippen LogP contribution in [0.4, 0.5) is 5.69 Å². The van der Waals surface area contributed by atoms with Crippen molar-refractivity contribution in [3.8, 4) is 0 Å². The lowest BCUT2D eigenvalue weighted by Gasteiger charge is -2.57. The second kappa shape index (κ2) is 8.26. The number of rotatable bonds is 6. The van der Waals surface area contributed by atoms with Crippen molar-refractivity contribution < 1.29 is 0 Å². The molecule has 0 aromatic heterocycles. The van der Waals surface area contributed by atoms with E-state index in [0.717, 1.165) is 0 Å². The highest BCUT2D eigenvalue weighted by Gasteiger charge is 2.57. The van der Waals surface area contributed by atoms with Gasteiger partial charge in [-0.05, 0) is 43.5 Å². The highest BCUT2D eigenvalue weighted by atomic mass is 15.4. The molecule has 2 aliphatic heterocycles. The molecule has 154 valence electrons. The van der Waals surface area contributed by atoms with Crippen molar-refractivity contribution in [3.63, 3.8) is 0 Å². The molecule has 0 spiro atoms. The van der Waals surface area contributed by atoms with Crippen molar-refractivity contribution in [1.82, 2.24) is 9.53 Å². The van der Waals surface area contributed by atoms with Crippen molar-refractivity contribution in [3.05, 3.63) is 53.8 Å². The maximum atomic E-state index is 2.77. The molecule has 1 fully saturated rings. The van der Waals surface area contributed by atoms with E-state index in [2.05, 4.69) is 91.2 Å². The van der Waals surface area contributed by atoms with Crippen LogP contribution in [0.25, 0.3) is 0 Å². The molecule has 2 heterocycles. The number of allylic oxidation sites excluding steroid dienone is 3. The summed E-state index contributed by atoms with van der Waals surface area (Å²) in [5, 5.41) is 0. The van der Waals surface area contributed by atoms with Crippen LogP contribution in [0.3, 0.4) is 0 Å². The predicted octanol–water partition coefficient (Wildman–Crippen LogP) is 5.90. The van der Waals surface area contributed by atoms with E-state index in [1.807, 2.05) is 0 Å². The van der Waals surface area contributed by atoms with Crippen molar-refractivity contribution in [2.45, 2.75) is 79.1 Å². The van der Waals surface area contributed by atoms with Crippen molar-refractivity contribution in [2.24, 2.45) is 5.41 Å². The van der Waals surface area contributed by atoms with Gasteiger partial charge in [-0.2, -0.15) is 0 Å². The lowest BCUT2D eigenvalue weighted by molar-refractivity contribution is 0.249. The third-order valence-corrected chi connectivity index (χ3v) is 7.41. The van der Waals surface area contributed by atoms with Crippen LogP contribution < -0.4 is 4.81 Å². The minimum absolute atomic E-state index is 0.110. The van der Waals surface area contributed by atoms with Gasteiger partial charge in [-0.15, -0.1) is 0 Å². The molecule has 3 aliphatic rings. The number of hydrogen-bond acceptors (Lipinski definition) is 3. The third-order valence-electron chi connectivity index (χ3n) is 7.41. The van der Waals surface area contributed by atoms with Crippen molar-refractivity contribution in [2.75, 3.05) is 11.4 Å². The number of unbranched alkanes of at least 4 members (excludes halogenated alkanes) is 3. The Balaban J connectivity index is 1.73. The highest BCUT2D eigenvalue weighted by molar-refractivity contribution is 6.74. The standard InChI is InChI=1S/C24H37B2N3/c1-6-7-8-14-19-27-25(4)28(20-15-10-9-11-16-20)23-24(2,3)21-17-12-13-18-22(21)29(23)26(27)5/h9-12,15-17,23H,6-8,13-14,18-19H2,1-5H3. The fourth-order valence-corrected chi connectivity index (χ4v) is 5.94. The normalized spacial score (nSPS) is 23.7. The van der Waals surface area contributed by atoms with E-state index in [0.29, 0.717) is 20.1 Å². The Morgan fingerprint density at radius 1 is 1.00 bits per heavy atom. The molecule has 0 saturated carbocycles. The first-order chi connectivity index (χ1) is 14.0. The van der Waals surface area contributed by atoms with Gasteiger partial charge in [-0.1, -0.05) is 84.0 Å². The second-order valence-electron chi connectivity index (χ2n) is 9.61. The average molecular weight is 389 g/mol. The number of anilines is 1. The quantitative estimate of drug-likeness (QED) is 0.443. The molecule has 29 heavy (non-hydrogen) atoms. The number of nitrogens with zero attached hydrogens (tertiary/aromatic N) is 3. The van der Waals surface area contributed by atoms with E-state index >= 15 is 0 Å². The number of para-hydroxylation sites is 1. The molecule has 1 aromatic carbocycles. The van der Waals surface area contributed by atoms with Crippen LogP contribution in [0.5, 0.6) is 0 Å². The molecular formula is C24H37B2N3. The van der Waals surface area contributed by atoms with Gasteiger partial charge in [-0.25, -0.2) is 0 Å². The van der Waals surface area contributed by atoms with Crippen molar-refractivity contribution >= 4 is 19.7 Å². The van der Waals surface area contributed by atoms with E-state index < -0.39 is 0 Å². The number of fused-ring (bicyclic) bond motifs is 2. The van der Waals surface area contributed by atoms with E-state index in [1.54, 1.807) is 11.3 Å². The van der Waals surface area contributed by atoms with Crippen molar-refractivity contribution in [1.29, 1.82) is 0 Å². The summed E-state index contributed by atoms with van der Waals surface area (Å²) in [4.78, 5) is 5.47. The van der Waals surface area contributed by atoms with Gasteiger partial charge in [0.15, 0.2) is 0 Å². The smallest absolute Gasteiger partial charge is 0.331 e. The fraction of sp³-hybridized carbons (Fsp3) is 0.583. The van der Waals surface area contributed by atoms with Crippen LogP contribution in [-0.2, 0) is 0 Å². The predicted molar refractivity (Wildman–Crippen MR) is 128 cm³/mol. The maximum absolute atomic E-state index is 2.77. The molecule has 5 heteroatoms. The first-order valence-electron chi connectivity index (χ1n) is 11.8. The summed E-state index contributed by atoms with van der Waals surface area (Å²) in [6, 6.07) is 11.1. The summed E-state index contributed by atoms with van der Waals surface area (Å²) in [5.41, 5.74) is 4.60. The van der Waals surface area contributed by atoms with Gasteiger partial charge in [0, 0.05) is 16.8 Å². The largest absolute Gasteiger partial charge is 0.386 e. The molecule has 0 N–H and O–H groups in total. The van der Waals surface area contributed by atoms with Crippen LogP contribution in [0.1, 0.15) is 59.3 Å².